The first-order valence-corrected chi connectivity index (χ1v) is 7.33. The minimum Gasteiger partial charge on any atom is -0.479 e. The summed E-state index contributed by atoms with van der Waals surface area (Å²) in [6.45, 7) is 2.16. The first-order valence-electron chi connectivity index (χ1n) is 6.95. The van der Waals surface area contributed by atoms with Gasteiger partial charge in [0.15, 0.2) is 6.10 Å². The van der Waals surface area contributed by atoms with E-state index in [1.54, 1.807) is 12.1 Å². The zero-order valence-corrected chi connectivity index (χ0v) is 12.3. The number of carbonyl (C=O) groups excluding carboxylic acids is 1. The highest BCUT2D eigenvalue weighted by atomic mass is 35.5. The Kier molecular flexibility index (Phi) is 4.89. The third kappa shape index (κ3) is 3.64. The van der Waals surface area contributed by atoms with E-state index in [0.717, 1.165) is 19.3 Å². The predicted molar refractivity (Wildman–Crippen MR) is 78.0 cm³/mol. The Labute approximate surface area is 124 Å². The maximum atomic E-state index is 12.1. The topological polar surface area (TPSA) is 58.6 Å². The average molecular weight is 298 g/mol. The van der Waals surface area contributed by atoms with E-state index in [1.165, 1.54) is 0 Å². The number of carbonyl (C=O) groups is 1. The Hall–Kier alpha value is -1.26. The van der Waals surface area contributed by atoms with Crippen LogP contribution in [0.25, 0.3) is 0 Å². The molecule has 1 fully saturated rings. The van der Waals surface area contributed by atoms with E-state index in [4.69, 9.17) is 16.3 Å². The van der Waals surface area contributed by atoms with Crippen molar-refractivity contribution < 1.29 is 14.6 Å². The molecule has 2 rings (SSSR count). The van der Waals surface area contributed by atoms with Crippen LogP contribution in [0.3, 0.4) is 0 Å². The lowest BCUT2D eigenvalue weighted by Gasteiger charge is -2.36. The van der Waals surface area contributed by atoms with E-state index in [-0.39, 0.29) is 12.5 Å². The first-order chi connectivity index (χ1) is 9.54. The van der Waals surface area contributed by atoms with Crippen molar-refractivity contribution in [3.05, 3.63) is 29.3 Å². The second-order valence-corrected chi connectivity index (χ2v) is 5.65. The minimum atomic E-state index is -0.724. The fourth-order valence-electron chi connectivity index (χ4n) is 2.14. The Morgan fingerprint density at radius 1 is 1.50 bits per heavy atom. The number of benzene rings is 1. The molecule has 1 aliphatic carbocycles. The largest absolute Gasteiger partial charge is 0.479 e. The second-order valence-electron chi connectivity index (χ2n) is 5.24. The van der Waals surface area contributed by atoms with Gasteiger partial charge < -0.3 is 15.2 Å². The fraction of sp³-hybridized carbons (Fsp3) is 0.533. The molecule has 0 aliphatic heterocycles. The number of nitrogens with one attached hydrogen (secondary N) is 1. The summed E-state index contributed by atoms with van der Waals surface area (Å²) in [6.07, 6.45) is 2.44. The molecular weight excluding hydrogens is 278 g/mol. The van der Waals surface area contributed by atoms with Crippen LogP contribution in [-0.2, 0) is 4.79 Å². The highest BCUT2D eigenvalue weighted by Gasteiger charge is 2.35. The van der Waals surface area contributed by atoms with Crippen molar-refractivity contribution in [3.63, 3.8) is 0 Å². The molecular formula is C15H20ClNO3. The molecule has 5 heteroatoms. The van der Waals surface area contributed by atoms with Crippen molar-refractivity contribution >= 4 is 17.5 Å². The van der Waals surface area contributed by atoms with E-state index < -0.39 is 11.7 Å². The van der Waals surface area contributed by atoms with Gasteiger partial charge in [-0.1, -0.05) is 30.7 Å². The summed E-state index contributed by atoms with van der Waals surface area (Å²) in [5.74, 6) is 0.284. The number of ether oxygens (including phenoxy) is 1. The molecule has 1 aromatic carbocycles. The quantitative estimate of drug-likeness (QED) is 0.848. The van der Waals surface area contributed by atoms with Gasteiger partial charge in [-0.15, -0.1) is 0 Å². The van der Waals surface area contributed by atoms with Crippen LogP contribution >= 0.6 is 11.6 Å². The highest BCUT2D eigenvalue weighted by molar-refractivity contribution is 6.32. The number of halogens is 1. The van der Waals surface area contributed by atoms with Crippen molar-refractivity contribution in [3.8, 4) is 5.75 Å². The molecule has 1 saturated carbocycles. The Balaban J connectivity index is 1.90. The number of hydrogen-bond acceptors (Lipinski definition) is 3. The zero-order chi connectivity index (χ0) is 14.6. The van der Waals surface area contributed by atoms with Gasteiger partial charge in [0, 0.05) is 6.54 Å². The molecule has 0 bridgehead atoms. The second kappa shape index (κ2) is 6.46. The standard InChI is InChI=1S/C15H20ClNO3/c1-2-12(20-13-7-4-3-6-11(13)16)14(18)17-10-15(19)8-5-9-15/h3-4,6-7,12,19H,2,5,8-10H2,1H3,(H,17,18). The minimum absolute atomic E-state index is 0.215. The summed E-state index contributed by atoms with van der Waals surface area (Å²) in [7, 11) is 0. The number of para-hydroxylation sites is 1. The summed E-state index contributed by atoms with van der Waals surface area (Å²) >= 11 is 6.01. The number of rotatable bonds is 6. The normalized spacial score (nSPS) is 17.9. The van der Waals surface area contributed by atoms with Gasteiger partial charge in [0.2, 0.25) is 0 Å². The molecule has 1 aliphatic rings. The lowest BCUT2D eigenvalue weighted by molar-refractivity contribution is -0.130. The SMILES string of the molecule is CCC(Oc1ccccc1Cl)C(=O)NCC1(O)CCC1. The first kappa shape index (κ1) is 15.1. The molecule has 0 heterocycles. The van der Waals surface area contributed by atoms with E-state index in [0.29, 0.717) is 17.2 Å². The van der Waals surface area contributed by atoms with Gasteiger partial charge in [0.1, 0.15) is 5.75 Å². The maximum absolute atomic E-state index is 12.1. The molecule has 0 radical (unpaired) electrons. The molecule has 20 heavy (non-hydrogen) atoms. The van der Waals surface area contributed by atoms with Gasteiger partial charge in [-0.2, -0.15) is 0 Å². The average Bonchev–Trinajstić information content (AvgIpc) is 2.42. The van der Waals surface area contributed by atoms with Crippen LogP contribution in [0.1, 0.15) is 32.6 Å². The molecule has 110 valence electrons. The van der Waals surface area contributed by atoms with Crippen LogP contribution in [0.4, 0.5) is 0 Å². The van der Waals surface area contributed by atoms with Crippen molar-refractivity contribution in [1.82, 2.24) is 5.32 Å². The van der Waals surface area contributed by atoms with Crippen LogP contribution in [0.15, 0.2) is 24.3 Å². The lowest BCUT2D eigenvalue weighted by atomic mass is 9.80. The van der Waals surface area contributed by atoms with Crippen LogP contribution in [0.2, 0.25) is 5.02 Å². The van der Waals surface area contributed by atoms with Crippen LogP contribution < -0.4 is 10.1 Å². The molecule has 1 atom stereocenters. The van der Waals surface area contributed by atoms with Gasteiger partial charge in [-0.3, -0.25) is 4.79 Å². The van der Waals surface area contributed by atoms with E-state index in [9.17, 15) is 9.90 Å². The zero-order valence-electron chi connectivity index (χ0n) is 11.6. The molecule has 0 saturated heterocycles. The summed E-state index contributed by atoms with van der Waals surface area (Å²) < 4.78 is 5.65. The lowest BCUT2D eigenvalue weighted by Crippen LogP contribution is -2.50. The molecule has 1 unspecified atom stereocenters. The fourth-order valence-corrected chi connectivity index (χ4v) is 2.32. The van der Waals surface area contributed by atoms with E-state index in [1.807, 2.05) is 19.1 Å². The Morgan fingerprint density at radius 3 is 2.75 bits per heavy atom. The van der Waals surface area contributed by atoms with Gasteiger partial charge in [0.25, 0.3) is 5.91 Å². The molecule has 0 spiro atoms. The maximum Gasteiger partial charge on any atom is 0.261 e. The van der Waals surface area contributed by atoms with Crippen LogP contribution in [0, 0.1) is 0 Å². The molecule has 0 aromatic heterocycles. The van der Waals surface area contributed by atoms with E-state index in [2.05, 4.69) is 5.32 Å². The smallest absolute Gasteiger partial charge is 0.261 e. The monoisotopic (exact) mass is 297 g/mol. The Bertz CT molecular complexity index is 474. The van der Waals surface area contributed by atoms with Crippen LogP contribution in [-0.4, -0.2) is 29.3 Å². The predicted octanol–water partition coefficient (Wildman–Crippen LogP) is 2.53. The van der Waals surface area contributed by atoms with Crippen LogP contribution in [0.5, 0.6) is 5.75 Å². The molecule has 1 amide bonds. The molecule has 4 nitrogen and oxygen atoms in total. The Morgan fingerprint density at radius 2 is 2.20 bits per heavy atom. The number of amides is 1. The summed E-state index contributed by atoms with van der Waals surface area (Å²) in [4.78, 5) is 12.1. The third-order valence-corrected chi connectivity index (χ3v) is 3.96. The van der Waals surface area contributed by atoms with Gasteiger partial charge in [-0.05, 0) is 37.8 Å². The summed E-state index contributed by atoms with van der Waals surface area (Å²) in [6, 6.07) is 7.07. The van der Waals surface area contributed by atoms with Gasteiger partial charge >= 0.3 is 0 Å². The highest BCUT2D eigenvalue weighted by Crippen LogP contribution is 2.30. The molecule has 1 aromatic rings. The van der Waals surface area contributed by atoms with Crippen molar-refractivity contribution in [2.45, 2.75) is 44.3 Å². The molecule has 2 N–H and O–H groups in total. The third-order valence-electron chi connectivity index (χ3n) is 3.65. The van der Waals surface area contributed by atoms with Gasteiger partial charge in [0.05, 0.1) is 10.6 Å². The van der Waals surface area contributed by atoms with Crippen molar-refractivity contribution in [2.75, 3.05) is 6.54 Å². The van der Waals surface area contributed by atoms with Gasteiger partial charge in [-0.25, -0.2) is 0 Å². The number of hydrogen-bond donors (Lipinski definition) is 2. The van der Waals surface area contributed by atoms with E-state index >= 15 is 0 Å². The van der Waals surface area contributed by atoms with Crippen molar-refractivity contribution in [2.24, 2.45) is 0 Å². The van der Waals surface area contributed by atoms with Crippen molar-refractivity contribution in [1.29, 1.82) is 0 Å². The summed E-state index contributed by atoms with van der Waals surface area (Å²) in [5, 5.41) is 13.2. The summed E-state index contributed by atoms with van der Waals surface area (Å²) in [5.41, 5.74) is -0.724. The number of aliphatic hydroxyl groups is 1.